The molecular weight excluding hydrogens is 506 g/mol. The van der Waals surface area contributed by atoms with Gasteiger partial charge in [-0.1, -0.05) is 54.6 Å². The second-order valence-electron chi connectivity index (χ2n) is 10.3. The molecule has 40 heavy (non-hydrogen) atoms. The molecule has 9 nitrogen and oxygen atoms in total. The van der Waals surface area contributed by atoms with Gasteiger partial charge in [0.1, 0.15) is 12.4 Å². The molecule has 1 aromatic heterocycles. The standard InChI is InChI=1S/C31H33N5O4/c37-28-26-10-4-5-11-27(26)40-19-7-6-13-31(14-17-36(18-15-31)29(38)24-12-16-33-34-21-24)30(39)35-25(22-32-28)20-23-8-2-1-3-9-23/h1-12,16,21,25H,13-15,17-20,22H2,(H,32,37)(H,35,39)/b7-6+/t25-/m1/s1. The van der Waals surface area contributed by atoms with Gasteiger partial charge in [-0.2, -0.15) is 10.2 Å². The van der Waals surface area contributed by atoms with E-state index in [9.17, 15) is 14.4 Å². The SMILES string of the molecule is O=C1NC[C@@H](Cc2ccccc2)NC(=O)C2(C/C=C/COc3ccccc31)CCN(C(=O)c1ccnnc1)CC2. The molecule has 2 N–H and O–H groups in total. The van der Waals surface area contributed by atoms with E-state index in [2.05, 4.69) is 20.8 Å². The third kappa shape index (κ3) is 6.36. The molecule has 2 aliphatic rings. The van der Waals surface area contributed by atoms with Crippen LogP contribution in [-0.4, -0.2) is 65.1 Å². The van der Waals surface area contributed by atoms with Gasteiger partial charge in [0.25, 0.3) is 11.8 Å². The zero-order valence-corrected chi connectivity index (χ0v) is 22.3. The Hall–Kier alpha value is -4.53. The van der Waals surface area contributed by atoms with E-state index >= 15 is 0 Å². The van der Waals surface area contributed by atoms with Gasteiger partial charge in [-0.05, 0) is 49.4 Å². The largest absolute Gasteiger partial charge is 0.489 e. The number of benzene rings is 2. The molecule has 1 atom stereocenters. The third-order valence-corrected chi connectivity index (χ3v) is 7.63. The maximum atomic E-state index is 14.0. The lowest BCUT2D eigenvalue weighted by molar-refractivity contribution is -0.134. The Morgan fingerprint density at radius 3 is 2.52 bits per heavy atom. The second-order valence-corrected chi connectivity index (χ2v) is 10.3. The number of hydrogen-bond acceptors (Lipinski definition) is 6. The number of aromatic nitrogens is 2. The number of carbonyl (C=O) groups is 3. The fraction of sp³-hybridized carbons (Fsp3) is 0.323. The Balaban J connectivity index is 1.38. The maximum absolute atomic E-state index is 14.0. The first kappa shape index (κ1) is 27.1. The molecule has 0 unspecified atom stereocenters. The molecule has 0 aliphatic carbocycles. The van der Waals surface area contributed by atoms with Crippen molar-refractivity contribution in [2.75, 3.05) is 26.2 Å². The molecule has 1 spiro atoms. The highest BCUT2D eigenvalue weighted by molar-refractivity contribution is 5.97. The topological polar surface area (TPSA) is 114 Å². The lowest BCUT2D eigenvalue weighted by atomic mass is 9.74. The number of ether oxygens (including phenoxy) is 1. The van der Waals surface area contributed by atoms with Crippen molar-refractivity contribution in [2.45, 2.75) is 31.7 Å². The van der Waals surface area contributed by atoms with Gasteiger partial charge in [-0.15, -0.1) is 0 Å². The molecule has 206 valence electrons. The first-order chi connectivity index (χ1) is 19.5. The Labute approximate surface area is 233 Å². The van der Waals surface area contributed by atoms with Crippen LogP contribution in [0.3, 0.4) is 0 Å². The van der Waals surface area contributed by atoms with Crippen molar-refractivity contribution in [2.24, 2.45) is 5.41 Å². The first-order valence-electron chi connectivity index (χ1n) is 13.6. The van der Waals surface area contributed by atoms with Gasteiger partial charge in [0.2, 0.25) is 5.91 Å². The molecular formula is C31H33N5O4. The fourth-order valence-corrected chi connectivity index (χ4v) is 5.28. The van der Waals surface area contributed by atoms with Crippen molar-refractivity contribution in [3.63, 3.8) is 0 Å². The smallest absolute Gasteiger partial charge is 0.255 e. The van der Waals surface area contributed by atoms with Crippen LogP contribution in [0.5, 0.6) is 5.75 Å². The van der Waals surface area contributed by atoms with Crippen LogP contribution < -0.4 is 15.4 Å². The number of piperidine rings is 1. The van der Waals surface area contributed by atoms with Crippen LogP contribution in [-0.2, 0) is 11.2 Å². The number of nitrogens with one attached hydrogen (secondary N) is 2. The highest BCUT2D eigenvalue weighted by Gasteiger charge is 2.42. The van der Waals surface area contributed by atoms with Crippen LogP contribution in [0, 0.1) is 5.41 Å². The van der Waals surface area contributed by atoms with Crippen LogP contribution in [0.2, 0.25) is 0 Å². The minimum atomic E-state index is -0.690. The molecule has 0 saturated carbocycles. The van der Waals surface area contributed by atoms with Crippen LogP contribution in [0.1, 0.15) is 45.5 Å². The van der Waals surface area contributed by atoms with Crippen LogP contribution in [0.25, 0.3) is 0 Å². The molecule has 2 aromatic carbocycles. The molecule has 0 bridgehead atoms. The molecule has 1 fully saturated rings. The van der Waals surface area contributed by atoms with Gasteiger partial charge in [0, 0.05) is 19.6 Å². The summed E-state index contributed by atoms with van der Waals surface area (Å²) in [6, 6.07) is 18.4. The summed E-state index contributed by atoms with van der Waals surface area (Å²) in [5, 5.41) is 13.8. The zero-order chi connectivity index (χ0) is 27.8. The van der Waals surface area contributed by atoms with Gasteiger partial charge in [0.05, 0.1) is 35.0 Å². The van der Waals surface area contributed by atoms with Crippen LogP contribution in [0.4, 0.5) is 0 Å². The van der Waals surface area contributed by atoms with Crippen molar-refractivity contribution in [1.29, 1.82) is 0 Å². The molecule has 2 aliphatic heterocycles. The van der Waals surface area contributed by atoms with Gasteiger partial charge in [0.15, 0.2) is 0 Å². The van der Waals surface area contributed by atoms with Gasteiger partial charge < -0.3 is 20.3 Å². The third-order valence-electron chi connectivity index (χ3n) is 7.63. The predicted octanol–water partition coefficient (Wildman–Crippen LogP) is 3.20. The molecule has 5 rings (SSSR count). The van der Waals surface area contributed by atoms with E-state index in [0.29, 0.717) is 55.6 Å². The van der Waals surface area contributed by atoms with Crippen LogP contribution in [0.15, 0.2) is 85.2 Å². The molecule has 3 heterocycles. The summed E-state index contributed by atoms with van der Waals surface area (Å²) in [5.41, 5.74) is 1.31. The minimum Gasteiger partial charge on any atom is -0.489 e. The summed E-state index contributed by atoms with van der Waals surface area (Å²) >= 11 is 0. The Morgan fingerprint density at radius 2 is 1.75 bits per heavy atom. The first-order valence-corrected chi connectivity index (χ1v) is 13.6. The van der Waals surface area contributed by atoms with E-state index in [1.165, 1.54) is 12.4 Å². The number of fused-ring (bicyclic) bond motifs is 1. The Morgan fingerprint density at radius 1 is 0.975 bits per heavy atom. The highest BCUT2D eigenvalue weighted by atomic mass is 16.5. The van der Waals surface area contributed by atoms with E-state index in [1.807, 2.05) is 48.6 Å². The maximum Gasteiger partial charge on any atom is 0.255 e. The Kier molecular flexibility index (Phi) is 8.49. The van der Waals surface area contributed by atoms with Crippen molar-refractivity contribution in [3.8, 4) is 5.75 Å². The second kappa shape index (κ2) is 12.5. The number of nitrogens with zero attached hydrogens (tertiary/aromatic N) is 3. The number of amides is 3. The number of rotatable bonds is 3. The summed E-state index contributed by atoms with van der Waals surface area (Å²) in [4.78, 5) is 41.9. The van der Waals surface area contributed by atoms with Gasteiger partial charge in [-0.25, -0.2) is 0 Å². The van der Waals surface area contributed by atoms with E-state index in [4.69, 9.17) is 4.74 Å². The number of hydrogen-bond donors (Lipinski definition) is 2. The summed E-state index contributed by atoms with van der Waals surface area (Å²) in [6.45, 7) is 1.44. The van der Waals surface area contributed by atoms with E-state index < -0.39 is 5.41 Å². The summed E-state index contributed by atoms with van der Waals surface area (Å²) in [7, 11) is 0. The lowest BCUT2D eigenvalue weighted by Crippen LogP contribution is -2.54. The molecule has 3 aromatic rings. The quantitative estimate of drug-likeness (QED) is 0.495. The van der Waals surface area contributed by atoms with Crippen molar-refractivity contribution < 1.29 is 19.1 Å². The highest BCUT2D eigenvalue weighted by Crippen LogP contribution is 2.36. The van der Waals surface area contributed by atoms with Gasteiger partial charge >= 0.3 is 0 Å². The number of allylic oxidation sites excluding steroid dienone is 1. The number of likely N-dealkylation sites (tertiary alicyclic amines) is 1. The van der Waals surface area contributed by atoms with E-state index in [0.717, 1.165) is 5.56 Å². The lowest BCUT2D eigenvalue weighted by Gasteiger charge is -2.41. The summed E-state index contributed by atoms with van der Waals surface area (Å²) in [6.07, 6.45) is 8.94. The zero-order valence-electron chi connectivity index (χ0n) is 22.3. The average Bonchev–Trinajstić information content (AvgIpc) is 3.00. The minimum absolute atomic E-state index is 0.0663. The molecule has 0 radical (unpaired) electrons. The Bertz CT molecular complexity index is 1350. The molecule has 3 amide bonds. The predicted molar refractivity (Wildman–Crippen MR) is 150 cm³/mol. The normalized spacial score (nSPS) is 20.3. The van der Waals surface area contributed by atoms with Crippen molar-refractivity contribution in [3.05, 3.63) is 102 Å². The monoisotopic (exact) mass is 539 g/mol. The van der Waals surface area contributed by atoms with Gasteiger partial charge in [-0.3, -0.25) is 14.4 Å². The van der Waals surface area contributed by atoms with Crippen LogP contribution >= 0.6 is 0 Å². The summed E-state index contributed by atoms with van der Waals surface area (Å²) < 4.78 is 5.91. The average molecular weight is 540 g/mol. The van der Waals surface area contributed by atoms with Crippen molar-refractivity contribution >= 4 is 17.7 Å². The van der Waals surface area contributed by atoms with E-state index in [1.54, 1.807) is 29.2 Å². The fourth-order valence-electron chi connectivity index (χ4n) is 5.28. The molecule has 9 heteroatoms. The number of para-hydroxylation sites is 1. The summed E-state index contributed by atoms with van der Waals surface area (Å²) in [5.74, 6) is 0.0790. The number of carbonyl (C=O) groups excluding carboxylic acids is 3. The molecule has 1 saturated heterocycles. The van der Waals surface area contributed by atoms with E-state index in [-0.39, 0.29) is 36.9 Å². The van der Waals surface area contributed by atoms with Crippen molar-refractivity contribution in [1.82, 2.24) is 25.7 Å².